The average molecular weight is 432 g/mol. The molecule has 1 atom stereocenters. The van der Waals surface area contributed by atoms with Crippen LogP contribution in [0.15, 0.2) is 35.9 Å². The van der Waals surface area contributed by atoms with Crippen molar-refractivity contribution < 1.29 is 14.5 Å². The van der Waals surface area contributed by atoms with Crippen molar-refractivity contribution in [2.75, 3.05) is 25.2 Å². The maximum atomic E-state index is 13.6. The maximum Gasteiger partial charge on any atom is 0.269 e. The molecule has 0 saturated heterocycles. The Morgan fingerprint density at radius 1 is 1.26 bits per heavy atom. The SMILES string of the molecule is COCCN(c1ccc([N+](=O)[O-])cc1)C(C)(CCC=C(C)C)C(=O)NC1CCCCC1. The van der Waals surface area contributed by atoms with E-state index in [1.807, 2.05) is 11.8 Å². The number of hydrogen-bond donors (Lipinski definition) is 1. The Morgan fingerprint density at radius 3 is 2.45 bits per heavy atom. The number of non-ortho nitro benzene ring substituents is 1. The van der Waals surface area contributed by atoms with Crippen molar-refractivity contribution >= 4 is 17.3 Å². The summed E-state index contributed by atoms with van der Waals surface area (Å²) in [5, 5.41) is 14.4. The molecule has 1 saturated carbocycles. The molecule has 1 amide bonds. The van der Waals surface area contributed by atoms with Gasteiger partial charge in [-0.3, -0.25) is 14.9 Å². The quantitative estimate of drug-likeness (QED) is 0.303. The number of nitrogens with zero attached hydrogens (tertiary/aromatic N) is 2. The summed E-state index contributed by atoms with van der Waals surface area (Å²) in [7, 11) is 1.64. The minimum atomic E-state index is -0.807. The first-order valence-corrected chi connectivity index (χ1v) is 11.2. The van der Waals surface area contributed by atoms with Gasteiger partial charge in [0, 0.05) is 37.5 Å². The Balaban J connectivity index is 2.36. The lowest BCUT2D eigenvalue weighted by Crippen LogP contribution is -2.59. The maximum absolute atomic E-state index is 13.6. The number of nitrogens with one attached hydrogen (secondary N) is 1. The fourth-order valence-corrected chi connectivity index (χ4v) is 4.20. The van der Waals surface area contributed by atoms with Crippen LogP contribution in [0.4, 0.5) is 11.4 Å². The first-order chi connectivity index (χ1) is 14.8. The second kappa shape index (κ2) is 11.8. The Labute approximate surface area is 186 Å². The third-order valence-corrected chi connectivity index (χ3v) is 6.10. The molecule has 0 aromatic heterocycles. The van der Waals surface area contributed by atoms with Crippen molar-refractivity contribution in [2.45, 2.75) is 77.3 Å². The number of anilines is 1. The number of carbonyl (C=O) groups is 1. The molecule has 7 nitrogen and oxygen atoms in total. The van der Waals surface area contributed by atoms with E-state index in [4.69, 9.17) is 4.74 Å². The standard InChI is InChI=1S/C24H37N3O4/c1-19(2)9-8-16-24(3,23(28)25-20-10-6-5-7-11-20)26(17-18-31-4)21-12-14-22(15-13-21)27(29)30/h9,12-15,20H,5-8,10-11,16-18H2,1-4H3,(H,25,28). The summed E-state index contributed by atoms with van der Waals surface area (Å²) < 4.78 is 5.33. The molecule has 0 radical (unpaired) electrons. The van der Waals surface area contributed by atoms with Crippen molar-refractivity contribution in [1.82, 2.24) is 5.32 Å². The summed E-state index contributed by atoms with van der Waals surface area (Å²) >= 11 is 0. The molecule has 31 heavy (non-hydrogen) atoms. The summed E-state index contributed by atoms with van der Waals surface area (Å²) in [5.41, 5.74) is 1.22. The van der Waals surface area contributed by atoms with E-state index in [0.29, 0.717) is 19.6 Å². The average Bonchev–Trinajstić information content (AvgIpc) is 2.74. The van der Waals surface area contributed by atoms with Crippen LogP contribution in [-0.4, -0.2) is 42.7 Å². The Hall–Kier alpha value is -2.41. The van der Waals surface area contributed by atoms with Crippen LogP contribution in [0.2, 0.25) is 0 Å². The molecule has 1 N–H and O–H groups in total. The summed E-state index contributed by atoms with van der Waals surface area (Å²) in [6.45, 7) is 7.04. The second-order valence-corrected chi connectivity index (χ2v) is 8.82. The molecule has 0 heterocycles. The number of allylic oxidation sites excluding steroid dienone is 2. The van der Waals surface area contributed by atoms with Gasteiger partial charge in [-0.1, -0.05) is 30.9 Å². The zero-order chi connectivity index (χ0) is 22.9. The van der Waals surface area contributed by atoms with Crippen LogP contribution in [0.5, 0.6) is 0 Å². The third-order valence-electron chi connectivity index (χ3n) is 6.10. The highest BCUT2D eigenvalue weighted by molar-refractivity contribution is 5.90. The van der Waals surface area contributed by atoms with Crippen LogP contribution in [0, 0.1) is 10.1 Å². The van der Waals surface area contributed by atoms with Crippen molar-refractivity contribution in [3.8, 4) is 0 Å². The van der Waals surface area contributed by atoms with Gasteiger partial charge in [-0.15, -0.1) is 0 Å². The number of nitro groups is 1. The summed E-state index contributed by atoms with van der Waals surface area (Å²) in [6.07, 6.45) is 9.12. The lowest BCUT2D eigenvalue weighted by atomic mass is 9.89. The van der Waals surface area contributed by atoms with E-state index in [1.165, 1.54) is 24.1 Å². The van der Waals surface area contributed by atoms with E-state index >= 15 is 0 Å². The molecule has 0 bridgehead atoms. The van der Waals surface area contributed by atoms with E-state index in [1.54, 1.807) is 19.2 Å². The van der Waals surface area contributed by atoms with E-state index in [2.05, 4.69) is 25.2 Å². The Morgan fingerprint density at radius 2 is 1.90 bits per heavy atom. The van der Waals surface area contributed by atoms with Crippen molar-refractivity contribution in [3.05, 3.63) is 46.0 Å². The molecule has 2 rings (SSSR count). The van der Waals surface area contributed by atoms with E-state index in [-0.39, 0.29) is 17.6 Å². The van der Waals surface area contributed by atoms with Crippen LogP contribution in [0.25, 0.3) is 0 Å². The van der Waals surface area contributed by atoms with Crippen LogP contribution in [0.3, 0.4) is 0 Å². The lowest BCUT2D eigenvalue weighted by molar-refractivity contribution is -0.384. The molecule has 1 aliphatic carbocycles. The van der Waals surface area contributed by atoms with Crippen LogP contribution in [0.1, 0.15) is 65.7 Å². The lowest BCUT2D eigenvalue weighted by Gasteiger charge is -2.43. The molecule has 1 aliphatic rings. The van der Waals surface area contributed by atoms with Gasteiger partial charge >= 0.3 is 0 Å². The minimum absolute atomic E-state index is 0.0102. The number of hydrogen-bond acceptors (Lipinski definition) is 5. The van der Waals surface area contributed by atoms with Gasteiger partial charge in [-0.2, -0.15) is 0 Å². The fourth-order valence-electron chi connectivity index (χ4n) is 4.20. The van der Waals surface area contributed by atoms with E-state index in [0.717, 1.165) is 37.8 Å². The van der Waals surface area contributed by atoms with Crippen molar-refractivity contribution in [1.29, 1.82) is 0 Å². The number of rotatable bonds is 11. The second-order valence-electron chi connectivity index (χ2n) is 8.82. The Kier molecular flexibility index (Phi) is 9.49. The molecule has 0 aliphatic heterocycles. The molecule has 1 aromatic carbocycles. The monoisotopic (exact) mass is 431 g/mol. The van der Waals surface area contributed by atoms with E-state index in [9.17, 15) is 14.9 Å². The number of nitro benzene ring substituents is 1. The number of benzene rings is 1. The van der Waals surface area contributed by atoms with Crippen LogP contribution < -0.4 is 10.2 Å². The van der Waals surface area contributed by atoms with Gasteiger partial charge in [0.05, 0.1) is 11.5 Å². The summed E-state index contributed by atoms with van der Waals surface area (Å²) in [4.78, 5) is 26.4. The van der Waals surface area contributed by atoms with Gasteiger partial charge in [0.25, 0.3) is 5.69 Å². The molecule has 172 valence electrons. The van der Waals surface area contributed by atoms with Gasteiger partial charge < -0.3 is 15.0 Å². The molecule has 7 heteroatoms. The molecule has 1 fully saturated rings. The molecule has 1 aromatic rings. The minimum Gasteiger partial charge on any atom is -0.383 e. The molecule has 0 spiro atoms. The van der Waals surface area contributed by atoms with Gasteiger partial charge in [0.2, 0.25) is 5.91 Å². The highest BCUT2D eigenvalue weighted by atomic mass is 16.6. The van der Waals surface area contributed by atoms with Gasteiger partial charge in [-0.05, 0) is 58.6 Å². The topological polar surface area (TPSA) is 84.7 Å². The predicted octanol–water partition coefficient (Wildman–Crippen LogP) is 5.00. The zero-order valence-corrected chi connectivity index (χ0v) is 19.4. The number of amides is 1. The summed E-state index contributed by atoms with van der Waals surface area (Å²) in [6, 6.07) is 6.64. The molecule has 1 unspecified atom stereocenters. The van der Waals surface area contributed by atoms with Crippen molar-refractivity contribution in [3.63, 3.8) is 0 Å². The van der Waals surface area contributed by atoms with Gasteiger partial charge in [-0.25, -0.2) is 0 Å². The van der Waals surface area contributed by atoms with E-state index < -0.39 is 10.5 Å². The summed E-state index contributed by atoms with van der Waals surface area (Å²) in [5.74, 6) is 0.0102. The third kappa shape index (κ3) is 7.06. The van der Waals surface area contributed by atoms with Crippen molar-refractivity contribution in [2.24, 2.45) is 0 Å². The zero-order valence-electron chi connectivity index (χ0n) is 19.4. The first-order valence-electron chi connectivity index (χ1n) is 11.2. The fraction of sp³-hybridized carbons (Fsp3) is 0.625. The molecular weight excluding hydrogens is 394 g/mol. The van der Waals surface area contributed by atoms with Gasteiger partial charge in [0.15, 0.2) is 0 Å². The smallest absolute Gasteiger partial charge is 0.269 e. The predicted molar refractivity (Wildman–Crippen MR) is 124 cm³/mol. The highest BCUT2D eigenvalue weighted by Crippen LogP contribution is 2.31. The largest absolute Gasteiger partial charge is 0.383 e. The normalized spacial score (nSPS) is 16.3. The number of carbonyl (C=O) groups excluding carboxylic acids is 1. The number of ether oxygens (including phenoxy) is 1. The Bertz CT molecular complexity index is 753. The highest BCUT2D eigenvalue weighted by Gasteiger charge is 2.40. The first kappa shape index (κ1) is 24.9. The van der Waals surface area contributed by atoms with Crippen LogP contribution in [-0.2, 0) is 9.53 Å². The molecular formula is C24H37N3O4. The van der Waals surface area contributed by atoms with Gasteiger partial charge in [0.1, 0.15) is 5.54 Å². The number of methoxy groups -OCH3 is 1. The van der Waals surface area contributed by atoms with Crippen LogP contribution >= 0.6 is 0 Å².